The maximum atomic E-state index is 14.3. The zero-order chi connectivity index (χ0) is 25.7. The molecule has 4 rings (SSSR count). The van der Waals surface area contributed by atoms with Crippen LogP contribution in [0.25, 0.3) is 0 Å². The van der Waals surface area contributed by atoms with Gasteiger partial charge >= 0.3 is 11.7 Å². The zero-order valence-electron chi connectivity index (χ0n) is 19.3. The van der Waals surface area contributed by atoms with E-state index in [-0.39, 0.29) is 18.2 Å². The van der Waals surface area contributed by atoms with E-state index in [1.54, 1.807) is 12.1 Å². The molecule has 0 atom stereocenters. The molecular formula is C26H23FN4O5. The molecule has 0 aromatic heterocycles. The summed E-state index contributed by atoms with van der Waals surface area (Å²) in [4.78, 5) is 26.1. The molecule has 1 heterocycles. The molecular weight excluding hydrogens is 467 g/mol. The number of ether oxygens (including phenoxy) is 1. The lowest BCUT2D eigenvalue weighted by molar-refractivity contribution is -0.386. The first-order valence-corrected chi connectivity index (χ1v) is 11.2. The van der Waals surface area contributed by atoms with Crippen molar-refractivity contribution in [2.45, 2.75) is 13.2 Å². The van der Waals surface area contributed by atoms with Gasteiger partial charge in [-0.2, -0.15) is 5.26 Å². The molecule has 184 valence electrons. The van der Waals surface area contributed by atoms with E-state index in [2.05, 4.69) is 4.90 Å². The van der Waals surface area contributed by atoms with Gasteiger partial charge in [0.2, 0.25) is 0 Å². The number of piperazine rings is 1. The Kier molecular flexibility index (Phi) is 7.42. The minimum absolute atomic E-state index is 0.0546. The molecule has 3 aromatic rings. The predicted octanol–water partition coefficient (Wildman–Crippen LogP) is 4.20. The lowest BCUT2D eigenvalue weighted by Crippen LogP contribution is -2.46. The number of nitro benzene ring substituents is 1. The molecule has 0 spiro atoms. The molecule has 0 amide bonds. The third-order valence-electron chi connectivity index (χ3n) is 6.03. The van der Waals surface area contributed by atoms with E-state index in [0.29, 0.717) is 24.3 Å². The molecule has 36 heavy (non-hydrogen) atoms. The van der Waals surface area contributed by atoms with Crippen LogP contribution in [0.4, 0.5) is 15.8 Å². The van der Waals surface area contributed by atoms with Crippen molar-refractivity contribution in [3.05, 3.63) is 98.8 Å². The summed E-state index contributed by atoms with van der Waals surface area (Å²) >= 11 is 0. The summed E-state index contributed by atoms with van der Waals surface area (Å²) in [5.74, 6) is -1.87. The second-order valence-corrected chi connectivity index (χ2v) is 8.36. The Morgan fingerprint density at radius 1 is 1.08 bits per heavy atom. The molecule has 9 nitrogen and oxygen atoms in total. The van der Waals surface area contributed by atoms with Crippen molar-refractivity contribution in [3.8, 4) is 11.8 Å². The number of hydrogen-bond acceptors (Lipinski definition) is 7. The number of rotatable bonds is 8. The van der Waals surface area contributed by atoms with E-state index >= 15 is 0 Å². The summed E-state index contributed by atoms with van der Waals surface area (Å²) < 4.78 is 19.9. The van der Waals surface area contributed by atoms with Gasteiger partial charge in [0.05, 0.1) is 22.2 Å². The maximum Gasteiger partial charge on any atom is 0.342 e. The van der Waals surface area contributed by atoms with Gasteiger partial charge in [-0.15, -0.1) is 0 Å². The van der Waals surface area contributed by atoms with Gasteiger partial charge in [-0.3, -0.25) is 15.0 Å². The number of halogens is 1. The van der Waals surface area contributed by atoms with Crippen molar-refractivity contribution in [1.29, 1.82) is 5.26 Å². The standard InChI is InChI=1S/C26H23FN4O5/c27-22-14-20(15-28)8-9-23(22)30-12-10-29(11-13-30)16-18-4-6-19(7-5-18)17-36-24-3-1-2-21(26(32)33)25(24)31(34)35/h1-9,14H,10-13,16-17H2,(H,32,33). The van der Waals surface area contributed by atoms with Crippen LogP contribution in [0.3, 0.4) is 0 Å². The van der Waals surface area contributed by atoms with Crippen LogP contribution in [0.1, 0.15) is 27.0 Å². The van der Waals surface area contributed by atoms with Gasteiger partial charge in [-0.05, 0) is 41.5 Å². The number of carboxylic acid groups (broad SMARTS) is 1. The molecule has 1 saturated heterocycles. The number of anilines is 1. The molecule has 0 bridgehead atoms. The largest absolute Gasteiger partial charge is 0.482 e. The summed E-state index contributed by atoms with van der Waals surface area (Å²) in [6, 6.07) is 18.1. The fourth-order valence-corrected chi connectivity index (χ4v) is 4.14. The van der Waals surface area contributed by atoms with Crippen LogP contribution < -0.4 is 9.64 Å². The average molecular weight is 490 g/mol. The molecule has 1 fully saturated rings. The predicted molar refractivity (Wildman–Crippen MR) is 129 cm³/mol. The van der Waals surface area contributed by atoms with Crippen molar-refractivity contribution >= 4 is 17.3 Å². The Morgan fingerprint density at radius 3 is 2.39 bits per heavy atom. The van der Waals surface area contributed by atoms with Gasteiger partial charge in [0, 0.05) is 32.7 Å². The Labute approximate surface area is 206 Å². The van der Waals surface area contributed by atoms with Crippen LogP contribution in [0.5, 0.6) is 5.75 Å². The van der Waals surface area contributed by atoms with E-state index in [1.807, 2.05) is 35.2 Å². The molecule has 0 radical (unpaired) electrons. The zero-order valence-corrected chi connectivity index (χ0v) is 19.3. The van der Waals surface area contributed by atoms with Crippen molar-refractivity contribution in [2.24, 2.45) is 0 Å². The van der Waals surface area contributed by atoms with Gasteiger partial charge in [0.1, 0.15) is 18.0 Å². The summed E-state index contributed by atoms with van der Waals surface area (Å²) in [6.45, 7) is 3.63. The Morgan fingerprint density at radius 2 is 1.78 bits per heavy atom. The topological polar surface area (TPSA) is 120 Å². The molecule has 0 saturated carbocycles. The summed E-state index contributed by atoms with van der Waals surface area (Å²) in [5, 5.41) is 29.5. The first-order chi connectivity index (χ1) is 17.4. The highest BCUT2D eigenvalue weighted by Gasteiger charge is 2.25. The number of benzene rings is 3. The molecule has 0 aliphatic carbocycles. The first kappa shape index (κ1) is 24.6. The van der Waals surface area contributed by atoms with E-state index < -0.39 is 22.1 Å². The van der Waals surface area contributed by atoms with Gasteiger partial charge in [0.25, 0.3) is 0 Å². The molecule has 10 heteroatoms. The quantitative estimate of drug-likeness (QED) is 0.368. The molecule has 1 aliphatic rings. The number of hydrogen-bond donors (Lipinski definition) is 1. The number of carboxylic acids is 1. The van der Waals surface area contributed by atoms with E-state index in [1.165, 1.54) is 24.3 Å². The lowest BCUT2D eigenvalue weighted by atomic mass is 10.1. The highest BCUT2D eigenvalue weighted by Crippen LogP contribution is 2.31. The molecule has 3 aromatic carbocycles. The summed E-state index contributed by atoms with van der Waals surface area (Å²) in [7, 11) is 0. The highest BCUT2D eigenvalue weighted by molar-refractivity contribution is 5.93. The minimum Gasteiger partial charge on any atom is -0.482 e. The average Bonchev–Trinajstić information content (AvgIpc) is 2.88. The lowest BCUT2D eigenvalue weighted by Gasteiger charge is -2.36. The fraction of sp³-hybridized carbons (Fsp3) is 0.231. The number of nitriles is 1. The Hall–Kier alpha value is -4.49. The number of para-hydroxylation sites is 1. The summed E-state index contributed by atoms with van der Waals surface area (Å²) in [5.41, 5.74) is 1.69. The normalized spacial score (nSPS) is 13.7. The van der Waals surface area contributed by atoms with Crippen LogP contribution in [0.2, 0.25) is 0 Å². The second-order valence-electron chi connectivity index (χ2n) is 8.36. The summed E-state index contributed by atoms with van der Waals surface area (Å²) in [6.07, 6.45) is 0. The van der Waals surface area contributed by atoms with Gasteiger partial charge < -0.3 is 14.7 Å². The van der Waals surface area contributed by atoms with Crippen LogP contribution in [0.15, 0.2) is 60.7 Å². The van der Waals surface area contributed by atoms with Crippen LogP contribution in [-0.2, 0) is 13.2 Å². The Balaban J connectivity index is 1.32. The van der Waals surface area contributed by atoms with Gasteiger partial charge in [-0.1, -0.05) is 30.3 Å². The molecule has 1 aliphatic heterocycles. The SMILES string of the molecule is N#Cc1ccc(N2CCN(Cc3ccc(COc4cccc(C(=O)O)c4[N+](=O)[O-])cc3)CC2)c(F)c1. The fourth-order valence-electron chi connectivity index (χ4n) is 4.14. The number of nitro groups is 1. The van der Waals surface area contributed by atoms with Crippen LogP contribution in [-0.4, -0.2) is 47.1 Å². The van der Waals surface area contributed by atoms with E-state index in [0.717, 1.165) is 30.8 Å². The number of carbonyl (C=O) groups is 1. The first-order valence-electron chi connectivity index (χ1n) is 11.2. The minimum atomic E-state index is -1.39. The van der Waals surface area contributed by atoms with Gasteiger partial charge in [0.15, 0.2) is 5.75 Å². The second kappa shape index (κ2) is 10.8. The van der Waals surface area contributed by atoms with Gasteiger partial charge in [-0.25, -0.2) is 9.18 Å². The van der Waals surface area contributed by atoms with E-state index in [4.69, 9.17) is 10.00 Å². The van der Waals surface area contributed by atoms with Crippen molar-refractivity contribution in [1.82, 2.24) is 4.90 Å². The smallest absolute Gasteiger partial charge is 0.342 e. The van der Waals surface area contributed by atoms with E-state index in [9.17, 15) is 24.4 Å². The molecule has 1 N–H and O–H groups in total. The van der Waals surface area contributed by atoms with Crippen LogP contribution in [0, 0.1) is 27.3 Å². The third-order valence-corrected chi connectivity index (χ3v) is 6.03. The van der Waals surface area contributed by atoms with Crippen LogP contribution >= 0.6 is 0 Å². The van der Waals surface area contributed by atoms with Crippen molar-refractivity contribution in [2.75, 3.05) is 31.1 Å². The Bertz CT molecular complexity index is 1310. The molecule has 0 unspecified atom stereocenters. The maximum absolute atomic E-state index is 14.3. The number of nitrogens with zero attached hydrogens (tertiary/aromatic N) is 4. The number of aromatic carboxylic acids is 1. The van der Waals surface area contributed by atoms with Crippen molar-refractivity contribution in [3.63, 3.8) is 0 Å². The highest BCUT2D eigenvalue weighted by atomic mass is 19.1. The third kappa shape index (κ3) is 5.59. The monoisotopic (exact) mass is 490 g/mol. The van der Waals surface area contributed by atoms with Crippen molar-refractivity contribution < 1.29 is 24.0 Å².